The van der Waals surface area contributed by atoms with E-state index in [9.17, 15) is 4.79 Å². The lowest BCUT2D eigenvalue weighted by Gasteiger charge is -2.13. The van der Waals surface area contributed by atoms with E-state index in [4.69, 9.17) is 10.5 Å². The van der Waals surface area contributed by atoms with Crippen molar-refractivity contribution in [2.24, 2.45) is 5.73 Å². The van der Waals surface area contributed by atoms with Gasteiger partial charge in [-0.15, -0.1) is 0 Å². The van der Waals surface area contributed by atoms with Crippen molar-refractivity contribution in [3.63, 3.8) is 0 Å². The van der Waals surface area contributed by atoms with Crippen molar-refractivity contribution >= 4 is 6.09 Å². The molecule has 4 N–H and O–H groups in total. The Morgan fingerprint density at radius 1 is 1.70 bits per heavy atom. The third-order valence-electron chi connectivity index (χ3n) is 0.989. The molecular weight excluding hydrogens is 134 g/mol. The Morgan fingerprint density at radius 3 is 2.60 bits per heavy atom. The van der Waals surface area contributed by atoms with Crippen LogP contribution in [0.1, 0.15) is 0 Å². The molecule has 0 saturated carbocycles. The van der Waals surface area contributed by atoms with E-state index >= 15 is 0 Å². The first-order valence-electron chi connectivity index (χ1n) is 3.00. The molecule has 1 amide bonds. The first-order valence-corrected chi connectivity index (χ1v) is 3.00. The highest BCUT2D eigenvalue weighted by atomic mass is 16.6. The van der Waals surface area contributed by atoms with Gasteiger partial charge in [-0.25, -0.2) is 4.79 Å². The summed E-state index contributed by atoms with van der Waals surface area (Å²) in [5.74, 6) is 0. The minimum Gasteiger partial charge on any atom is -0.429 e. The molecule has 0 rings (SSSR count). The molecule has 0 saturated heterocycles. The van der Waals surface area contributed by atoms with Gasteiger partial charge in [-0.1, -0.05) is 0 Å². The number of carbonyl (C=O) groups excluding carboxylic acids is 1. The van der Waals surface area contributed by atoms with Crippen LogP contribution in [-0.4, -0.2) is 33.0 Å². The van der Waals surface area contributed by atoms with Gasteiger partial charge in [0.05, 0.1) is 0 Å². The van der Waals surface area contributed by atoms with Crippen LogP contribution in [0.2, 0.25) is 0 Å². The summed E-state index contributed by atoms with van der Waals surface area (Å²) in [6.45, 7) is 0.268. The van der Waals surface area contributed by atoms with E-state index in [1.807, 2.05) is 0 Å². The Hall–Kier alpha value is -0.810. The van der Waals surface area contributed by atoms with Gasteiger partial charge in [0, 0.05) is 13.6 Å². The first-order chi connectivity index (χ1) is 4.74. The largest absolute Gasteiger partial charge is 0.429 e. The second-order valence-electron chi connectivity index (χ2n) is 1.67. The fraction of sp³-hybridized carbons (Fsp3) is 0.800. The van der Waals surface area contributed by atoms with Crippen molar-refractivity contribution in [2.45, 2.75) is 6.23 Å². The van der Waals surface area contributed by atoms with Crippen molar-refractivity contribution in [1.29, 1.82) is 0 Å². The molecule has 60 valence electrons. The van der Waals surface area contributed by atoms with Crippen LogP contribution in [0.3, 0.4) is 0 Å². The number of likely N-dealkylation sites (N-methyl/N-ethyl adjacent to an activating group) is 1. The third-order valence-corrected chi connectivity index (χ3v) is 0.989. The molecule has 0 aromatic heterocycles. The Bertz CT molecular complexity index is 103. The van der Waals surface area contributed by atoms with Crippen LogP contribution in [-0.2, 0) is 4.74 Å². The van der Waals surface area contributed by atoms with E-state index in [2.05, 4.69) is 10.6 Å². The fourth-order valence-electron chi connectivity index (χ4n) is 0.413. The predicted octanol–water partition coefficient (Wildman–Crippen LogP) is -1.15. The molecule has 5 heteroatoms. The van der Waals surface area contributed by atoms with Gasteiger partial charge < -0.3 is 15.8 Å². The smallest absolute Gasteiger partial charge is 0.408 e. The van der Waals surface area contributed by atoms with Gasteiger partial charge in [0.2, 0.25) is 0 Å². The summed E-state index contributed by atoms with van der Waals surface area (Å²) in [5, 5.41) is 5.02. The number of hydrogen-bond acceptors (Lipinski definition) is 4. The van der Waals surface area contributed by atoms with Crippen LogP contribution in [0.25, 0.3) is 0 Å². The average molecular weight is 147 g/mol. The van der Waals surface area contributed by atoms with Crippen LogP contribution in [0.5, 0.6) is 0 Å². The Balaban J connectivity index is 3.52. The van der Waals surface area contributed by atoms with Gasteiger partial charge in [-0.3, -0.25) is 5.32 Å². The number of amides is 1. The third kappa shape index (κ3) is 3.26. The topological polar surface area (TPSA) is 76.4 Å². The van der Waals surface area contributed by atoms with E-state index < -0.39 is 12.3 Å². The first kappa shape index (κ1) is 9.19. The molecule has 0 fully saturated rings. The van der Waals surface area contributed by atoms with Gasteiger partial charge in [0.25, 0.3) is 0 Å². The Kier molecular flexibility index (Phi) is 4.61. The summed E-state index contributed by atoms with van der Waals surface area (Å²) < 4.78 is 4.71. The molecule has 0 aliphatic rings. The minimum atomic E-state index is -0.482. The highest BCUT2D eigenvalue weighted by Gasteiger charge is 2.06. The molecule has 0 bridgehead atoms. The van der Waals surface area contributed by atoms with E-state index in [1.54, 1.807) is 7.05 Å². The lowest BCUT2D eigenvalue weighted by Crippen LogP contribution is -2.39. The van der Waals surface area contributed by atoms with Gasteiger partial charge in [0.1, 0.15) is 0 Å². The lowest BCUT2D eigenvalue weighted by atomic mass is 10.6. The number of alkyl carbamates (subject to hydrolysis) is 1. The number of nitrogens with two attached hydrogens (primary N) is 1. The van der Waals surface area contributed by atoms with Gasteiger partial charge in [-0.05, 0) is 7.05 Å². The minimum absolute atomic E-state index is 0.268. The molecule has 0 aromatic carbocycles. The quantitative estimate of drug-likeness (QED) is 0.440. The standard InChI is InChI=1S/C5H13N3O2/c1-7-4(3-6)10-5(9)8-2/h4,7H,3,6H2,1-2H3,(H,8,9). The zero-order valence-electron chi connectivity index (χ0n) is 6.18. The van der Waals surface area contributed by atoms with Crippen molar-refractivity contribution in [3.05, 3.63) is 0 Å². The molecule has 0 aromatic rings. The second-order valence-corrected chi connectivity index (χ2v) is 1.67. The van der Waals surface area contributed by atoms with Gasteiger partial charge in [0.15, 0.2) is 6.23 Å². The van der Waals surface area contributed by atoms with E-state index in [0.717, 1.165) is 0 Å². The van der Waals surface area contributed by atoms with Gasteiger partial charge in [-0.2, -0.15) is 0 Å². The maximum absolute atomic E-state index is 10.5. The van der Waals surface area contributed by atoms with Crippen LogP contribution in [0.15, 0.2) is 0 Å². The molecular formula is C5H13N3O2. The highest BCUT2D eigenvalue weighted by molar-refractivity contribution is 5.66. The number of ether oxygens (including phenoxy) is 1. The summed E-state index contributed by atoms with van der Waals surface area (Å²) in [6.07, 6.45) is -0.884. The van der Waals surface area contributed by atoms with Crippen molar-refractivity contribution < 1.29 is 9.53 Å². The maximum Gasteiger partial charge on any atom is 0.408 e. The zero-order chi connectivity index (χ0) is 7.98. The molecule has 10 heavy (non-hydrogen) atoms. The Labute approximate surface area is 59.9 Å². The molecule has 1 unspecified atom stereocenters. The van der Waals surface area contributed by atoms with Crippen LogP contribution in [0, 0.1) is 0 Å². The highest BCUT2D eigenvalue weighted by Crippen LogP contribution is 1.82. The Morgan fingerprint density at radius 2 is 2.30 bits per heavy atom. The summed E-state index contributed by atoms with van der Waals surface area (Å²) in [4.78, 5) is 10.5. The second kappa shape index (κ2) is 5.01. The molecule has 0 spiro atoms. The monoisotopic (exact) mass is 147 g/mol. The van der Waals surface area contributed by atoms with Crippen LogP contribution in [0.4, 0.5) is 4.79 Å². The van der Waals surface area contributed by atoms with Gasteiger partial charge >= 0.3 is 6.09 Å². The fourth-order valence-corrected chi connectivity index (χ4v) is 0.413. The molecule has 0 aliphatic carbocycles. The summed E-state index contributed by atoms with van der Waals surface area (Å²) in [5.41, 5.74) is 5.22. The van der Waals surface area contributed by atoms with Crippen molar-refractivity contribution in [2.75, 3.05) is 20.6 Å². The number of nitrogens with one attached hydrogen (secondary N) is 2. The summed E-state index contributed by atoms with van der Waals surface area (Å²) in [7, 11) is 3.16. The summed E-state index contributed by atoms with van der Waals surface area (Å²) in [6, 6.07) is 0. The molecule has 0 radical (unpaired) electrons. The predicted molar refractivity (Wildman–Crippen MR) is 37.4 cm³/mol. The van der Waals surface area contributed by atoms with Crippen molar-refractivity contribution in [1.82, 2.24) is 10.6 Å². The SMILES string of the molecule is CNC(=O)OC(CN)NC. The number of rotatable bonds is 3. The van der Waals surface area contributed by atoms with Crippen molar-refractivity contribution in [3.8, 4) is 0 Å². The van der Waals surface area contributed by atoms with E-state index in [1.165, 1.54) is 7.05 Å². The number of hydrogen-bond donors (Lipinski definition) is 3. The molecule has 0 heterocycles. The molecule has 1 atom stereocenters. The number of carbonyl (C=O) groups is 1. The summed E-state index contributed by atoms with van der Waals surface area (Å²) >= 11 is 0. The maximum atomic E-state index is 10.5. The normalized spacial score (nSPS) is 12.3. The van der Waals surface area contributed by atoms with E-state index in [0.29, 0.717) is 0 Å². The van der Waals surface area contributed by atoms with Crippen LogP contribution >= 0.6 is 0 Å². The molecule has 0 aliphatic heterocycles. The van der Waals surface area contributed by atoms with E-state index in [-0.39, 0.29) is 6.54 Å². The average Bonchev–Trinajstić information content (AvgIpc) is 1.99. The zero-order valence-corrected chi connectivity index (χ0v) is 6.18. The lowest BCUT2D eigenvalue weighted by molar-refractivity contribution is 0.0891. The molecule has 5 nitrogen and oxygen atoms in total. The van der Waals surface area contributed by atoms with Crippen LogP contribution < -0.4 is 16.4 Å².